The van der Waals surface area contributed by atoms with Gasteiger partial charge in [-0.2, -0.15) is 0 Å². The molecule has 3 N–H and O–H groups in total. The highest BCUT2D eigenvalue weighted by Crippen LogP contribution is 2.20. The van der Waals surface area contributed by atoms with Gasteiger partial charge in [-0.15, -0.1) is 0 Å². The highest BCUT2D eigenvalue weighted by Gasteiger charge is 2.26. The van der Waals surface area contributed by atoms with Gasteiger partial charge in [-0.3, -0.25) is 14.2 Å². The van der Waals surface area contributed by atoms with Crippen LogP contribution in [0.5, 0.6) is 5.75 Å². The number of nitrogens with zero attached hydrogens (tertiary/aromatic N) is 4. The van der Waals surface area contributed by atoms with E-state index in [1.165, 1.54) is 4.57 Å². The van der Waals surface area contributed by atoms with Gasteiger partial charge in [0.05, 0.1) is 18.5 Å². The largest absolute Gasteiger partial charge is 0.486 e. The first-order valence-corrected chi connectivity index (χ1v) is 9.27. The van der Waals surface area contributed by atoms with E-state index in [2.05, 4.69) is 20.8 Å². The summed E-state index contributed by atoms with van der Waals surface area (Å²) in [7, 11) is 3.48. The van der Waals surface area contributed by atoms with E-state index in [9.17, 15) is 9.59 Å². The van der Waals surface area contributed by atoms with Crippen LogP contribution >= 0.6 is 0 Å². The normalized spacial score (nSPS) is 15.6. The predicted octanol–water partition coefficient (Wildman–Crippen LogP) is 0.461. The fraction of sp³-hybridized carbons (Fsp3) is 0.556. The maximum atomic E-state index is 12.9. The van der Waals surface area contributed by atoms with Crippen LogP contribution in [0, 0.1) is 0 Å². The van der Waals surface area contributed by atoms with Gasteiger partial charge < -0.3 is 25.5 Å². The number of allylic oxidation sites excluding steroid dienone is 2. The van der Waals surface area contributed by atoms with E-state index in [1.807, 2.05) is 11.9 Å². The number of nitrogens with one attached hydrogen (secondary N) is 2. The second-order valence-corrected chi connectivity index (χ2v) is 6.42. The Morgan fingerprint density at radius 3 is 2.75 bits per heavy atom. The zero-order chi connectivity index (χ0) is 20.7. The summed E-state index contributed by atoms with van der Waals surface area (Å²) in [6.07, 6.45) is 4.47. The average molecular weight is 392 g/mol. The Hall–Kier alpha value is -2.88. The Bertz CT molecular complexity index is 811. The van der Waals surface area contributed by atoms with Gasteiger partial charge in [0.2, 0.25) is 11.7 Å². The summed E-state index contributed by atoms with van der Waals surface area (Å²) in [5.41, 5.74) is -0.271. The SMILES string of the molecule is C/C=C(\C=N/O)NC(=O)c1nc(N(C)C2CCNCC2)n(C)c(=O)c1OCC. The van der Waals surface area contributed by atoms with Crippen molar-refractivity contribution in [3.05, 3.63) is 27.8 Å². The number of hydrogen-bond donors (Lipinski definition) is 3. The molecule has 0 aliphatic carbocycles. The van der Waals surface area contributed by atoms with Crippen molar-refractivity contribution in [2.75, 3.05) is 31.6 Å². The molecule has 2 heterocycles. The van der Waals surface area contributed by atoms with Crippen LogP contribution in [0.4, 0.5) is 5.95 Å². The first-order chi connectivity index (χ1) is 13.4. The number of hydrogen-bond acceptors (Lipinski definition) is 8. The Balaban J connectivity index is 2.48. The number of ether oxygens (including phenoxy) is 1. The van der Waals surface area contributed by atoms with E-state index in [4.69, 9.17) is 9.94 Å². The molecule has 1 saturated heterocycles. The van der Waals surface area contributed by atoms with Gasteiger partial charge in [0.25, 0.3) is 11.5 Å². The standard InChI is InChI=1S/C18H28N6O4/c1-5-12(11-20-27)21-16(25)14-15(28-6-2)17(26)24(4)18(22-14)23(3)13-7-9-19-10-8-13/h5,11,13,19,27H,6-10H2,1-4H3,(H,21,25)/b12-5+,20-11-. The Kier molecular flexibility index (Phi) is 7.56. The van der Waals surface area contributed by atoms with Crippen LogP contribution in [-0.2, 0) is 7.05 Å². The lowest BCUT2D eigenvalue weighted by Gasteiger charge is -2.33. The van der Waals surface area contributed by atoms with Crippen molar-refractivity contribution in [1.82, 2.24) is 20.2 Å². The van der Waals surface area contributed by atoms with E-state index in [0.29, 0.717) is 5.95 Å². The number of carbonyl (C=O) groups is 1. The molecule has 0 saturated carbocycles. The zero-order valence-electron chi connectivity index (χ0n) is 16.7. The fourth-order valence-electron chi connectivity index (χ4n) is 3.10. The van der Waals surface area contributed by atoms with Crippen LogP contribution in [0.25, 0.3) is 0 Å². The van der Waals surface area contributed by atoms with Crippen LogP contribution in [0.3, 0.4) is 0 Å². The number of rotatable bonds is 7. The zero-order valence-corrected chi connectivity index (χ0v) is 16.7. The lowest BCUT2D eigenvalue weighted by Crippen LogP contribution is -2.44. The maximum Gasteiger partial charge on any atom is 0.297 e. The predicted molar refractivity (Wildman–Crippen MR) is 106 cm³/mol. The molecular weight excluding hydrogens is 364 g/mol. The number of amides is 1. The van der Waals surface area contributed by atoms with E-state index < -0.39 is 11.5 Å². The summed E-state index contributed by atoms with van der Waals surface area (Å²) < 4.78 is 6.84. The number of carbonyl (C=O) groups excluding carboxylic acids is 1. The molecule has 2 rings (SSSR count). The minimum Gasteiger partial charge on any atom is -0.486 e. The number of oxime groups is 1. The topological polar surface area (TPSA) is 121 Å². The van der Waals surface area contributed by atoms with Crippen molar-refractivity contribution in [3.63, 3.8) is 0 Å². The molecule has 1 aromatic heterocycles. The lowest BCUT2D eigenvalue weighted by atomic mass is 10.1. The second kappa shape index (κ2) is 9.88. The van der Waals surface area contributed by atoms with E-state index in [-0.39, 0.29) is 29.8 Å². The third-order valence-corrected chi connectivity index (χ3v) is 4.67. The number of aromatic nitrogens is 2. The summed E-state index contributed by atoms with van der Waals surface area (Å²) >= 11 is 0. The first-order valence-electron chi connectivity index (χ1n) is 9.27. The second-order valence-electron chi connectivity index (χ2n) is 6.42. The summed E-state index contributed by atoms with van der Waals surface area (Å²) in [4.78, 5) is 32.1. The van der Waals surface area contributed by atoms with Gasteiger partial charge in [-0.05, 0) is 39.8 Å². The molecule has 0 unspecified atom stereocenters. The molecule has 1 aliphatic rings. The molecule has 0 bridgehead atoms. The summed E-state index contributed by atoms with van der Waals surface area (Å²) in [5, 5.41) is 17.5. The van der Waals surface area contributed by atoms with Crippen LogP contribution in [0.1, 0.15) is 37.2 Å². The molecule has 1 aliphatic heterocycles. The molecule has 10 nitrogen and oxygen atoms in total. The molecule has 1 amide bonds. The summed E-state index contributed by atoms with van der Waals surface area (Å²) in [6, 6.07) is 0.209. The van der Waals surface area contributed by atoms with Gasteiger partial charge in [0.1, 0.15) is 0 Å². The fourth-order valence-corrected chi connectivity index (χ4v) is 3.10. The van der Waals surface area contributed by atoms with Gasteiger partial charge in [0, 0.05) is 20.1 Å². The Morgan fingerprint density at radius 2 is 2.18 bits per heavy atom. The number of anilines is 1. The van der Waals surface area contributed by atoms with Crippen molar-refractivity contribution >= 4 is 18.1 Å². The molecule has 28 heavy (non-hydrogen) atoms. The van der Waals surface area contributed by atoms with Gasteiger partial charge >= 0.3 is 0 Å². The molecule has 0 atom stereocenters. The molecule has 0 aromatic carbocycles. The number of piperidine rings is 1. The van der Waals surface area contributed by atoms with Crippen LogP contribution in [0.15, 0.2) is 21.7 Å². The van der Waals surface area contributed by atoms with Gasteiger partial charge in [-0.1, -0.05) is 11.2 Å². The highest BCUT2D eigenvalue weighted by molar-refractivity contribution is 5.99. The monoisotopic (exact) mass is 392 g/mol. The van der Waals surface area contributed by atoms with Gasteiger partial charge in [-0.25, -0.2) is 4.98 Å². The van der Waals surface area contributed by atoms with E-state index >= 15 is 0 Å². The lowest BCUT2D eigenvalue weighted by molar-refractivity contribution is 0.0958. The quantitative estimate of drug-likeness (QED) is 0.350. The molecule has 10 heteroatoms. The van der Waals surface area contributed by atoms with Crippen molar-refractivity contribution in [2.45, 2.75) is 32.7 Å². The van der Waals surface area contributed by atoms with Crippen LogP contribution < -0.4 is 25.8 Å². The summed E-state index contributed by atoms with van der Waals surface area (Å²) in [6.45, 7) is 5.40. The highest BCUT2D eigenvalue weighted by atomic mass is 16.5. The van der Waals surface area contributed by atoms with Crippen molar-refractivity contribution < 1.29 is 14.7 Å². The molecule has 154 valence electrons. The molecule has 0 spiro atoms. The third-order valence-electron chi connectivity index (χ3n) is 4.67. The van der Waals surface area contributed by atoms with Crippen LogP contribution in [0.2, 0.25) is 0 Å². The molecule has 1 aromatic rings. The minimum absolute atomic E-state index is 0.105. The average Bonchev–Trinajstić information content (AvgIpc) is 2.71. The minimum atomic E-state index is -0.617. The molecule has 0 radical (unpaired) electrons. The van der Waals surface area contributed by atoms with Crippen molar-refractivity contribution in [2.24, 2.45) is 12.2 Å². The van der Waals surface area contributed by atoms with Crippen LogP contribution in [-0.4, -0.2) is 59.7 Å². The Morgan fingerprint density at radius 1 is 1.50 bits per heavy atom. The third kappa shape index (κ3) is 4.69. The summed E-state index contributed by atoms with van der Waals surface area (Å²) in [5.74, 6) is -0.334. The van der Waals surface area contributed by atoms with E-state index in [0.717, 1.165) is 32.1 Å². The molecule has 1 fully saturated rings. The van der Waals surface area contributed by atoms with Crippen molar-refractivity contribution in [3.8, 4) is 5.75 Å². The maximum absolute atomic E-state index is 12.9. The van der Waals surface area contributed by atoms with E-state index in [1.54, 1.807) is 27.0 Å². The Labute approximate surface area is 163 Å². The van der Waals surface area contributed by atoms with Crippen molar-refractivity contribution in [1.29, 1.82) is 0 Å². The molecular formula is C18H28N6O4. The first kappa shape index (κ1) is 21.4. The smallest absolute Gasteiger partial charge is 0.297 e. The van der Waals surface area contributed by atoms with Gasteiger partial charge in [0.15, 0.2) is 5.69 Å².